The van der Waals surface area contributed by atoms with E-state index in [1.165, 1.54) is 6.42 Å². The number of rotatable bonds is 2. The van der Waals surface area contributed by atoms with Crippen LogP contribution in [0.2, 0.25) is 0 Å². The Morgan fingerprint density at radius 2 is 2.57 bits per heavy atom. The van der Waals surface area contributed by atoms with Crippen LogP contribution in [-0.2, 0) is 4.79 Å². The van der Waals surface area contributed by atoms with Crippen molar-refractivity contribution >= 4 is 6.29 Å². The van der Waals surface area contributed by atoms with Crippen LogP contribution in [0.25, 0.3) is 0 Å². The lowest BCUT2D eigenvalue weighted by atomic mass is 10.3. The van der Waals surface area contributed by atoms with E-state index >= 15 is 0 Å². The van der Waals surface area contributed by atoms with Gasteiger partial charge in [0.05, 0.1) is 0 Å². The molecular formula is C6H10O. The Kier molecular flexibility index (Phi) is 1.13. The van der Waals surface area contributed by atoms with Crippen LogP contribution in [-0.4, -0.2) is 6.29 Å². The van der Waals surface area contributed by atoms with Crippen LogP contribution in [0.15, 0.2) is 0 Å². The number of hydrogen-bond acceptors (Lipinski definition) is 1. The van der Waals surface area contributed by atoms with Crippen LogP contribution < -0.4 is 0 Å². The lowest BCUT2D eigenvalue weighted by molar-refractivity contribution is -0.109. The molecule has 1 aliphatic rings. The average molecular weight is 98.1 g/mol. The molecule has 1 nitrogen and oxygen atoms in total. The second-order valence-corrected chi connectivity index (χ2v) is 2.20. The van der Waals surface area contributed by atoms with E-state index in [1.54, 1.807) is 0 Å². The highest BCUT2D eigenvalue weighted by Crippen LogP contribution is 2.38. The zero-order valence-corrected chi connectivity index (χ0v) is 4.55. The highest BCUT2D eigenvalue weighted by Gasteiger charge is 2.34. The first kappa shape index (κ1) is 4.82. The van der Waals surface area contributed by atoms with Crippen molar-refractivity contribution < 1.29 is 4.79 Å². The predicted octanol–water partition coefficient (Wildman–Crippen LogP) is 1.23. The number of hydrogen-bond donors (Lipinski definition) is 0. The molecule has 1 aliphatic carbocycles. The third kappa shape index (κ3) is 0.817. The van der Waals surface area contributed by atoms with Gasteiger partial charge < -0.3 is 4.79 Å². The van der Waals surface area contributed by atoms with Crippen LogP contribution in [0.5, 0.6) is 0 Å². The minimum absolute atomic E-state index is 0.435. The Hall–Kier alpha value is -0.330. The molecule has 0 unspecified atom stereocenters. The molecule has 2 atom stereocenters. The molecule has 0 saturated heterocycles. The van der Waals surface area contributed by atoms with Crippen LogP contribution in [0.4, 0.5) is 0 Å². The van der Waals surface area contributed by atoms with E-state index in [9.17, 15) is 4.79 Å². The zero-order valence-electron chi connectivity index (χ0n) is 4.55. The predicted molar refractivity (Wildman–Crippen MR) is 28.0 cm³/mol. The van der Waals surface area contributed by atoms with Gasteiger partial charge in [0.25, 0.3) is 0 Å². The molecule has 0 aliphatic heterocycles. The monoisotopic (exact) mass is 98.1 g/mol. The Bertz CT molecular complexity index is 78.2. The molecular weight excluding hydrogens is 88.1 g/mol. The molecule has 0 heterocycles. The fourth-order valence-electron chi connectivity index (χ4n) is 0.907. The van der Waals surface area contributed by atoms with E-state index in [0.717, 1.165) is 18.6 Å². The minimum atomic E-state index is 0.435. The SMILES string of the molecule is CC[C@H]1C[C@H]1C=O. The van der Waals surface area contributed by atoms with Gasteiger partial charge in [-0.1, -0.05) is 13.3 Å². The van der Waals surface area contributed by atoms with Crippen molar-refractivity contribution in [2.24, 2.45) is 11.8 Å². The smallest absolute Gasteiger partial charge is 0.123 e. The van der Waals surface area contributed by atoms with E-state index in [4.69, 9.17) is 0 Å². The van der Waals surface area contributed by atoms with Gasteiger partial charge >= 0.3 is 0 Å². The van der Waals surface area contributed by atoms with Gasteiger partial charge in [-0.3, -0.25) is 0 Å². The third-order valence-electron chi connectivity index (χ3n) is 1.68. The van der Waals surface area contributed by atoms with Gasteiger partial charge in [-0.15, -0.1) is 0 Å². The first-order valence-electron chi connectivity index (χ1n) is 2.83. The quantitative estimate of drug-likeness (QED) is 0.475. The van der Waals surface area contributed by atoms with Crippen LogP contribution >= 0.6 is 0 Å². The Balaban J connectivity index is 2.17. The number of aldehydes is 1. The average Bonchev–Trinajstić information content (AvgIpc) is 2.43. The van der Waals surface area contributed by atoms with E-state index < -0.39 is 0 Å². The lowest BCUT2D eigenvalue weighted by Crippen LogP contribution is -1.78. The highest BCUT2D eigenvalue weighted by atomic mass is 16.1. The molecule has 0 N–H and O–H groups in total. The van der Waals surface area contributed by atoms with E-state index in [0.29, 0.717) is 5.92 Å². The van der Waals surface area contributed by atoms with Crippen molar-refractivity contribution in [3.8, 4) is 0 Å². The van der Waals surface area contributed by atoms with E-state index in [1.807, 2.05) is 0 Å². The number of carbonyl (C=O) groups is 1. The normalized spacial score (nSPS) is 37.9. The van der Waals surface area contributed by atoms with Gasteiger partial charge in [0.1, 0.15) is 6.29 Å². The largest absolute Gasteiger partial charge is 0.303 e. The van der Waals surface area contributed by atoms with E-state index in [-0.39, 0.29) is 0 Å². The summed E-state index contributed by atoms with van der Waals surface area (Å²) < 4.78 is 0. The standard InChI is InChI=1S/C6H10O/c1-2-5-3-6(5)4-7/h4-6H,2-3H2,1H3/t5-,6-/m0/s1. The zero-order chi connectivity index (χ0) is 5.28. The molecule has 1 rings (SSSR count). The molecule has 0 aromatic carbocycles. The molecule has 1 saturated carbocycles. The van der Waals surface area contributed by atoms with Crippen molar-refractivity contribution in [3.63, 3.8) is 0 Å². The Morgan fingerprint density at radius 1 is 1.86 bits per heavy atom. The van der Waals surface area contributed by atoms with Gasteiger partial charge in [-0.25, -0.2) is 0 Å². The summed E-state index contributed by atoms with van der Waals surface area (Å²) in [4.78, 5) is 9.94. The van der Waals surface area contributed by atoms with Crippen molar-refractivity contribution in [3.05, 3.63) is 0 Å². The molecule has 1 fully saturated rings. The number of carbonyl (C=O) groups excluding carboxylic acids is 1. The molecule has 1 heteroatoms. The van der Waals surface area contributed by atoms with E-state index in [2.05, 4.69) is 6.92 Å². The molecule has 0 aromatic heterocycles. The minimum Gasteiger partial charge on any atom is -0.303 e. The first-order valence-corrected chi connectivity index (χ1v) is 2.83. The Morgan fingerprint density at radius 3 is 2.71 bits per heavy atom. The summed E-state index contributed by atoms with van der Waals surface area (Å²) in [5, 5.41) is 0. The summed E-state index contributed by atoms with van der Waals surface area (Å²) in [6.45, 7) is 2.13. The summed E-state index contributed by atoms with van der Waals surface area (Å²) in [5.41, 5.74) is 0. The maximum absolute atomic E-state index is 9.94. The molecule has 0 bridgehead atoms. The Labute approximate surface area is 43.7 Å². The van der Waals surface area contributed by atoms with Crippen molar-refractivity contribution in [1.29, 1.82) is 0 Å². The molecule has 40 valence electrons. The van der Waals surface area contributed by atoms with Crippen molar-refractivity contribution in [1.82, 2.24) is 0 Å². The summed E-state index contributed by atoms with van der Waals surface area (Å²) >= 11 is 0. The van der Waals surface area contributed by atoms with Crippen LogP contribution in [0, 0.1) is 11.8 Å². The maximum atomic E-state index is 9.94. The molecule has 0 amide bonds. The fraction of sp³-hybridized carbons (Fsp3) is 0.833. The maximum Gasteiger partial charge on any atom is 0.123 e. The molecule has 0 aromatic rings. The van der Waals surface area contributed by atoms with Crippen LogP contribution in [0.1, 0.15) is 19.8 Å². The van der Waals surface area contributed by atoms with Gasteiger partial charge in [0.15, 0.2) is 0 Å². The summed E-state index contributed by atoms with van der Waals surface area (Å²) in [5.74, 6) is 1.18. The van der Waals surface area contributed by atoms with Gasteiger partial charge in [-0.05, 0) is 12.3 Å². The lowest BCUT2D eigenvalue weighted by Gasteiger charge is -1.78. The third-order valence-corrected chi connectivity index (χ3v) is 1.68. The first-order chi connectivity index (χ1) is 3.38. The van der Waals surface area contributed by atoms with Gasteiger partial charge in [0.2, 0.25) is 0 Å². The van der Waals surface area contributed by atoms with Crippen LogP contribution in [0.3, 0.4) is 0 Å². The topological polar surface area (TPSA) is 17.1 Å². The van der Waals surface area contributed by atoms with Crippen molar-refractivity contribution in [2.75, 3.05) is 0 Å². The summed E-state index contributed by atoms with van der Waals surface area (Å²) in [6, 6.07) is 0. The highest BCUT2D eigenvalue weighted by molar-refractivity contribution is 5.57. The van der Waals surface area contributed by atoms with Gasteiger partial charge in [0, 0.05) is 5.92 Å². The second kappa shape index (κ2) is 1.65. The fourth-order valence-corrected chi connectivity index (χ4v) is 0.907. The molecule has 0 spiro atoms. The summed E-state index contributed by atoms with van der Waals surface area (Å²) in [7, 11) is 0. The van der Waals surface area contributed by atoms with Gasteiger partial charge in [-0.2, -0.15) is 0 Å². The molecule has 7 heavy (non-hydrogen) atoms. The summed E-state index contributed by atoms with van der Waals surface area (Å²) in [6.07, 6.45) is 3.41. The second-order valence-electron chi connectivity index (χ2n) is 2.20. The van der Waals surface area contributed by atoms with Crippen molar-refractivity contribution in [2.45, 2.75) is 19.8 Å². The molecule has 0 radical (unpaired) electrons.